The fourth-order valence-electron chi connectivity index (χ4n) is 3.27. The Kier molecular flexibility index (Phi) is 5.02. The number of nitrogens with one attached hydrogen (secondary N) is 1. The molecule has 1 aliphatic heterocycles. The SMILES string of the molecule is O=C(O)CN1C(=O)C(=C(Cc2ccccc2)c2c[nH]c3ccccc23)SC1=S. The van der Waals surface area contributed by atoms with Crippen LogP contribution in [0.15, 0.2) is 65.7 Å². The number of carboxylic acid groups (broad SMARTS) is 1. The fraction of sp³-hybridized carbons (Fsp3) is 0.0952. The Morgan fingerprint density at radius 2 is 1.82 bits per heavy atom. The zero-order chi connectivity index (χ0) is 19.7. The lowest BCUT2D eigenvalue weighted by Crippen LogP contribution is -2.33. The summed E-state index contributed by atoms with van der Waals surface area (Å²) in [7, 11) is 0. The second-order valence-electron chi connectivity index (χ2n) is 6.37. The third-order valence-corrected chi connectivity index (χ3v) is 6.05. The number of benzene rings is 2. The zero-order valence-electron chi connectivity index (χ0n) is 14.7. The molecule has 0 bridgehead atoms. The molecule has 7 heteroatoms. The highest BCUT2D eigenvalue weighted by atomic mass is 32.2. The lowest BCUT2D eigenvalue weighted by Gasteiger charge is -2.12. The van der Waals surface area contributed by atoms with Gasteiger partial charge in [0.05, 0.1) is 4.91 Å². The fourth-order valence-corrected chi connectivity index (χ4v) is 4.61. The second-order valence-corrected chi connectivity index (χ2v) is 8.02. The minimum Gasteiger partial charge on any atom is -0.480 e. The molecule has 0 radical (unpaired) electrons. The van der Waals surface area contributed by atoms with Crippen LogP contribution in [0.5, 0.6) is 0 Å². The number of aromatic amines is 1. The number of para-hydroxylation sites is 1. The van der Waals surface area contributed by atoms with Crippen LogP contribution in [0.4, 0.5) is 0 Å². The van der Waals surface area contributed by atoms with Gasteiger partial charge in [-0.1, -0.05) is 72.5 Å². The Hall–Kier alpha value is -2.90. The molecule has 0 spiro atoms. The molecular formula is C21H16N2O3S2. The third kappa shape index (κ3) is 3.46. The molecule has 5 nitrogen and oxygen atoms in total. The summed E-state index contributed by atoms with van der Waals surface area (Å²) in [5.74, 6) is -1.44. The lowest BCUT2D eigenvalue weighted by atomic mass is 9.97. The van der Waals surface area contributed by atoms with Crippen molar-refractivity contribution in [1.82, 2.24) is 9.88 Å². The summed E-state index contributed by atoms with van der Waals surface area (Å²) in [6.45, 7) is -0.430. The molecular weight excluding hydrogens is 392 g/mol. The van der Waals surface area contributed by atoms with E-state index in [4.69, 9.17) is 17.3 Å². The van der Waals surface area contributed by atoms with E-state index in [0.29, 0.717) is 11.3 Å². The van der Waals surface area contributed by atoms with Crippen molar-refractivity contribution >= 4 is 56.7 Å². The zero-order valence-corrected chi connectivity index (χ0v) is 16.3. The van der Waals surface area contributed by atoms with Crippen molar-refractivity contribution in [3.63, 3.8) is 0 Å². The number of amides is 1. The van der Waals surface area contributed by atoms with Crippen molar-refractivity contribution in [3.8, 4) is 0 Å². The number of aliphatic carboxylic acids is 1. The van der Waals surface area contributed by atoms with E-state index < -0.39 is 12.5 Å². The van der Waals surface area contributed by atoms with Crippen molar-refractivity contribution < 1.29 is 14.7 Å². The number of hydrogen-bond donors (Lipinski definition) is 2. The first-order valence-corrected chi connectivity index (χ1v) is 9.86. The number of fused-ring (bicyclic) bond motifs is 1. The van der Waals surface area contributed by atoms with Gasteiger partial charge in [0.1, 0.15) is 10.9 Å². The molecule has 4 rings (SSSR count). The van der Waals surface area contributed by atoms with E-state index in [2.05, 4.69) is 4.98 Å². The first kappa shape index (κ1) is 18.5. The van der Waals surface area contributed by atoms with Gasteiger partial charge in [0, 0.05) is 22.7 Å². The average Bonchev–Trinajstić information content (AvgIpc) is 3.23. The van der Waals surface area contributed by atoms with E-state index in [1.165, 1.54) is 11.8 Å². The molecule has 3 aromatic rings. The van der Waals surface area contributed by atoms with Gasteiger partial charge in [-0.25, -0.2) is 0 Å². The summed E-state index contributed by atoms with van der Waals surface area (Å²) in [6.07, 6.45) is 2.44. The predicted molar refractivity (Wildman–Crippen MR) is 115 cm³/mol. The van der Waals surface area contributed by atoms with Crippen LogP contribution < -0.4 is 0 Å². The van der Waals surface area contributed by atoms with Gasteiger partial charge in [-0.05, 0) is 23.6 Å². The second kappa shape index (κ2) is 7.61. The first-order valence-electron chi connectivity index (χ1n) is 8.63. The number of H-pyrrole nitrogens is 1. The van der Waals surface area contributed by atoms with E-state index >= 15 is 0 Å². The van der Waals surface area contributed by atoms with Crippen LogP contribution in [0.3, 0.4) is 0 Å². The molecule has 1 fully saturated rings. The smallest absolute Gasteiger partial charge is 0.323 e. The maximum absolute atomic E-state index is 13.0. The minimum absolute atomic E-state index is 0.271. The van der Waals surface area contributed by atoms with Crippen LogP contribution in [0.25, 0.3) is 16.5 Å². The standard InChI is InChI=1S/C21H16N2O3S2/c24-18(25)12-23-20(26)19(28-21(23)27)15(10-13-6-2-1-3-7-13)16-11-22-17-9-5-4-8-14(16)17/h1-9,11,22H,10,12H2,(H,24,25). The average molecular weight is 409 g/mol. The number of carbonyl (C=O) groups excluding carboxylic acids is 1. The number of carboxylic acids is 1. The van der Waals surface area contributed by atoms with Gasteiger partial charge in [-0.2, -0.15) is 0 Å². The van der Waals surface area contributed by atoms with Crippen molar-refractivity contribution in [2.45, 2.75) is 6.42 Å². The number of nitrogens with zero attached hydrogens (tertiary/aromatic N) is 1. The van der Waals surface area contributed by atoms with Crippen LogP contribution in [-0.2, 0) is 16.0 Å². The number of allylic oxidation sites excluding steroid dienone is 1. The van der Waals surface area contributed by atoms with Crippen molar-refractivity contribution in [2.75, 3.05) is 6.54 Å². The number of thiocarbonyl (C=S) groups is 1. The molecule has 0 atom stereocenters. The quantitative estimate of drug-likeness (QED) is 0.492. The number of thioether (sulfide) groups is 1. The Morgan fingerprint density at radius 3 is 2.57 bits per heavy atom. The van der Waals surface area contributed by atoms with E-state index in [0.717, 1.165) is 32.5 Å². The number of carbonyl (C=O) groups is 2. The molecule has 0 aliphatic carbocycles. The normalized spacial score (nSPS) is 16.1. The van der Waals surface area contributed by atoms with E-state index in [9.17, 15) is 9.59 Å². The Balaban J connectivity index is 1.86. The Bertz CT molecular complexity index is 1120. The molecule has 140 valence electrons. The van der Waals surface area contributed by atoms with E-state index in [1.807, 2.05) is 60.8 Å². The van der Waals surface area contributed by atoms with Gasteiger partial charge in [-0.15, -0.1) is 0 Å². The Labute approximate surface area is 171 Å². The van der Waals surface area contributed by atoms with Crippen LogP contribution in [0.1, 0.15) is 11.1 Å². The highest BCUT2D eigenvalue weighted by Gasteiger charge is 2.36. The molecule has 2 aromatic carbocycles. The summed E-state index contributed by atoms with van der Waals surface area (Å²) in [6, 6.07) is 17.8. The van der Waals surface area contributed by atoms with Gasteiger partial charge >= 0.3 is 5.97 Å². The molecule has 0 saturated carbocycles. The summed E-state index contributed by atoms with van der Waals surface area (Å²) in [5, 5.41) is 10.1. The topological polar surface area (TPSA) is 73.4 Å². The molecule has 1 amide bonds. The summed E-state index contributed by atoms with van der Waals surface area (Å²) < 4.78 is 0.271. The lowest BCUT2D eigenvalue weighted by molar-refractivity contribution is -0.140. The van der Waals surface area contributed by atoms with Gasteiger partial charge < -0.3 is 10.1 Å². The molecule has 0 unspecified atom stereocenters. The number of aromatic nitrogens is 1. The van der Waals surface area contributed by atoms with Crippen LogP contribution in [0, 0.1) is 0 Å². The van der Waals surface area contributed by atoms with E-state index in [1.54, 1.807) is 0 Å². The maximum atomic E-state index is 13.0. The monoisotopic (exact) mass is 408 g/mol. The molecule has 2 heterocycles. The third-order valence-electron chi connectivity index (χ3n) is 4.55. The van der Waals surface area contributed by atoms with Gasteiger partial charge in [0.2, 0.25) is 0 Å². The highest BCUT2D eigenvalue weighted by molar-refractivity contribution is 8.26. The molecule has 1 saturated heterocycles. The molecule has 2 N–H and O–H groups in total. The van der Waals surface area contributed by atoms with Crippen molar-refractivity contribution in [1.29, 1.82) is 0 Å². The first-order chi connectivity index (χ1) is 13.5. The minimum atomic E-state index is -1.09. The van der Waals surface area contributed by atoms with Crippen LogP contribution in [-0.4, -0.2) is 37.7 Å². The summed E-state index contributed by atoms with van der Waals surface area (Å²) >= 11 is 6.45. The summed E-state index contributed by atoms with van der Waals surface area (Å²) in [5.41, 5.74) is 3.81. The molecule has 28 heavy (non-hydrogen) atoms. The summed E-state index contributed by atoms with van der Waals surface area (Å²) in [4.78, 5) is 29.0. The van der Waals surface area contributed by atoms with Gasteiger partial charge in [-0.3, -0.25) is 14.5 Å². The van der Waals surface area contributed by atoms with Gasteiger partial charge in [0.15, 0.2) is 0 Å². The number of rotatable bonds is 5. The van der Waals surface area contributed by atoms with Crippen LogP contribution >= 0.6 is 24.0 Å². The Morgan fingerprint density at radius 1 is 1.11 bits per heavy atom. The highest BCUT2D eigenvalue weighted by Crippen LogP contribution is 2.40. The molecule has 1 aliphatic rings. The predicted octanol–water partition coefficient (Wildman–Crippen LogP) is 4.07. The van der Waals surface area contributed by atoms with Crippen molar-refractivity contribution in [2.24, 2.45) is 0 Å². The molecule has 1 aromatic heterocycles. The van der Waals surface area contributed by atoms with Crippen LogP contribution in [0.2, 0.25) is 0 Å². The number of hydrogen-bond acceptors (Lipinski definition) is 4. The largest absolute Gasteiger partial charge is 0.480 e. The van der Waals surface area contributed by atoms with Gasteiger partial charge in [0.25, 0.3) is 5.91 Å². The van der Waals surface area contributed by atoms with Crippen molar-refractivity contribution in [3.05, 3.63) is 76.8 Å². The maximum Gasteiger partial charge on any atom is 0.323 e. The van der Waals surface area contributed by atoms with E-state index in [-0.39, 0.29) is 10.2 Å².